The van der Waals surface area contributed by atoms with Gasteiger partial charge in [-0.3, -0.25) is 9.59 Å². The molecule has 1 aromatic rings. The van der Waals surface area contributed by atoms with E-state index in [2.05, 4.69) is 32.6 Å². The summed E-state index contributed by atoms with van der Waals surface area (Å²) in [5.74, 6) is -1.38. The number of halogens is 1. The summed E-state index contributed by atoms with van der Waals surface area (Å²) < 4.78 is 5.84. The van der Waals surface area contributed by atoms with Crippen LogP contribution in [0.15, 0.2) is 36.0 Å². The van der Waals surface area contributed by atoms with Gasteiger partial charge in [-0.1, -0.05) is 6.92 Å². The first-order chi connectivity index (χ1) is 9.51. The van der Waals surface area contributed by atoms with E-state index in [9.17, 15) is 9.59 Å². The van der Waals surface area contributed by atoms with E-state index in [4.69, 9.17) is 0 Å². The highest BCUT2D eigenvalue weighted by molar-refractivity contribution is 14.1. The molecule has 0 fully saturated rings. The number of benzene rings is 1. The highest BCUT2D eigenvalue weighted by Crippen LogP contribution is 2.29. The summed E-state index contributed by atoms with van der Waals surface area (Å²) in [5.41, 5.74) is 1.78. The summed E-state index contributed by atoms with van der Waals surface area (Å²) in [4.78, 5) is 23.6. The fourth-order valence-corrected chi connectivity index (χ4v) is 2.71. The third-order valence-corrected chi connectivity index (χ3v) is 4.06. The second-order valence-electron chi connectivity index (χ2n) is 4.89. The molecular weight excluding hydrogens is 369 g/mol. The minimum Gasteiger partial charge on any atom is -0.468 e. The molecule has 1 aliphatic carbocycles. The lowest BCUT2D eigenvalue weighted by Crippen LogP contribution is -2.34. The van der Waals surface area contributed by atoms with Crippen molar-refractivity contribution in [3.63, 3.8) is 0 Å². The molecule has 1 aromatic carbocycles. The van der Waals surface area contributed by atoms with E-state index in [0.29, 0.717) is 6.42 Å². The van der Waals surface area contributed by atoms with Crippen LogP contribution in [0, 0.1) is 15.4 Å². The number of hydrogen-bond acceptors (Lipinski definition) is 4. The molecule has 2 rings (SSSR count). The van der Waals surface area contributed by atoms with E-state index in [1.165, 1.54) is 13.2 Å². The number of anilines is 1. The van der Waals surface area contributed by atoms with Crippen LogP contribution >= 0.6 is 22.6 Å². The molecule has 4 nitrogen and oxygen atoms in total. The Morgan fingerprint density at radius 1 is 1.35 bits per heavy atom. The standard InChI is InChI=1S/C15H16INO3/c1-9-7-12(8-13(18)14(9)15(19)20-2)17-11-5-3-10(16)4-6-11/h3-6,8-9,14,17H,7H2,1-2H3. The van der Waals surface area contributed by atoms with Crippen LogP contribution in [-0.4, -0.2) is 18.9 Å². The van der Waals surface area contributed by atoms with Gasteiger partial charge in [0, 0.05) is 21.0 Å². The predicted octanol–water partition coefficient (Wildman–Crippen LogP) is 2.99. The molecule has 0 saturated heterocycles. The number of hydrogen-bond donors (Lipinski definition) is 1. The van der Waals surface area contributed by atoms with Crippen molar-refractivity contribution in [2.24, 2.45) is 11.8 Å². The smallest absolute Gasteiger partial charge is 0.316 e. The topological polar surface area (TPSA) is 55.4 Å². The molecule has 5 heteroatoms. The summed E-state index contributed by atoms with van der Waals surface area (Å²) in [6.07, 6.45) is 2.16. The highest BCUT2D eigenvalue weighted by atomic mass is 127. The maximum Gasteiger partial charge on any atom is 0.316 e. The van der Waals surface area contributed by atoms with Crippen molar-refractivity contribution in [3.8, 4) is 0 Å². The molecule has 2 unspecified atom stereocenters. The van der Waals surface area contributed by atoms with Gasteiger partial charge >= 0.3 is 5.97 Å². The normalized spacial score (nSPS) is 22.1. The van der Waals surface area contributed by atoms with E-state index < -0.39 is 11.9 Å². The molecule has 0 amide bonds. The second-order valence-corrected chi connectivity index (χ2v) is 6.13. The predicted molar refractivity (Wildman–Crippen MR) is 85.2 cm³/mol. The van der Waals surface area contributed by atoms with E-state index in [0.717, 1.165) is 15.0 Å². The molecule has 2 atom stereocenters. The minimum absolute atomic E-state index is 0.0636. The number of carbonyl (C=O) groups excluding carboxylic acids is 2. The number of rotatable bonds is 3. The van der Waals surface area contributed by atoms with Gasteiger partial charge in [0.25, 0.3) is 0 Å². The van der Waals surface area contributed by atoms with Crippen LogP contribution in [-0.2, 0) is 14.3 Å². The van der Waals surface area contributed by atoms with Crippen LogP contribution in [0.25, 0.3) is 0 Å². The summed E-state index contributed by atoms with van der Waals surface area (Å²) >= 11 is 2.24. The maximum atomic E-state index is 12.0. The first kappa shape index (κ1) is 15.0. The molecule has 1 aliphatic rings. The number of carbonyl (C=O) groups is 2. The Labute approximate surface area is 131 Å². The Kier molecular flexibility index (Phi) is 4.80. The third-order valence-electron chi connectivity index (χ3n) is 3.34. The van der Waals surface area contributed by atoms with Crippen molar-refractivity contribution < 1.29 is 14.3 Å². The van der Waals surface area contributed by atoms with Gasteiger partial charge in [-0.25, -0.2) is 0 Å². The molecule has 0 bridgehead atoms. The largest absolute Gasteiger partial charge is 0.468 e. The van der Waals surface area contributed by atoms with Crippen LogP contribution in [0.3, 0.4) is 0 Å². The van der Waals surface area contributed by atoms with Crippen LogP contribution in [0.2, 0.25) is 0 Å². The highest BCUT2D eigenvalue weighted by Gasteiger charge is 2.35. The monoisotopic (exact) mass is 385 g/mol. The summed E-state index contributed by atoms with van der Waals surface area (Å²) in [7, 11) is 1.31. The molecule has 0 saturated carbocycles. The molecular formula is C15H16INO3. The Morgan fingerprint density at radius 3 is 2.55 bits per heavy atom. The lowest BCUT2D eigenvalue weighted by molar-refractivity contribution is -0.150. The van der Waals surface area contributed by atoms with Gasteiger partial charge in [-0.15, -0.1) is 0 Å². The van der Waals surface area contributed by atoms with Gasteiger partial charge in [0.15, 0.2) is 5.78 Å². The van der Waals surface area contributed by atoms with Crippen molar-refractivity contribution in [2.75, 3.05) is 12.4 Å². The first-order valence-electron chi connectivity index (χ1n) is 6.36. The van der Waals surface area contributed by atoms with Gasteiger partial charge in [-0.05, 0) is 59.2 Å². The molecule has 0 aromatic heterocycles. The van der Waals surface area contributed by atoms with E-state index in [1.807, 2.05) is 31.2 Å². The number of ketones is 1. The molecule has 0 aliphatic heterocycles. The fraction of sp³-hybridized carbons (Fsp3) is 0.333. The van der Waals surface area contributed by atoms with Crippen molar-refractivity contribution in [1.82, 2.24) is 0 Å². The fourth-order valence-electron chi connectivity index (χ4n) is 2.35. The van der Waals surface area contributed by atoms with Crippen molar-refractivity contribution in [3.05, 3.63) is 39.6 Å². The number of allylic oxidation sites excluding steroid dienone is 2. The van der Waals surface area contributed by atoms with Gasteiger partial charge in [0.2, 0.25) is 0 Å². The molecule has 0 radical (unpaired) electrons. The number of methoxy groups -OCH3 is 1. The zero-order chi connectivity index (χ0) is 14.7. The lowest BCUT2D eigenvalue weighted by atomic mass is 9.82. The Morgan fingerprint density at radius 2 is 2.00 bits per heavy atom. The Hall–Kier alpha value is -1.37. The molecule has 106 valence electrons. The molecule has 0 spiro atoms. The Balaban J connectivity index is 2.13. The van der Waals surface area contributed by atoms with Crippen LogP contribution < -0.4 is 5.32 Å². The number of nitrogens with one attached hydrogen (secondary N) is 1. The molecule has 0 heterocycles. The van der Waals surface area contributed by atoms with E-state index in [-0.39, 0.29) is 11.7 Å². The third kappa shape index (κ3) is 3.39. The first-order valence-corrected chi connectivity index (χ1v) is 7.44. The van der Waals surface area contributed by atoms with E-state index >= 15 is 0 Å². The average molecular weight is 385 g/mol. The van der Waals surface area contributed by atoms with Gasteiger partial charge in [0.1, 0.15) is 5.92 Å². The van der Waals surface area contributed by atoms with Crippen molar-refractivity contribution in [2.45, 2.75) is 13.3 Å². The maximum absolute atomic E-state index is 12.0. The van der Waals surface area contributed by atoms with Crippen LogP contribution in [0.5, 0.6) is 0 Å². The summed E-state index contributed by atoms with van der Waals surface area (Å²) in [6, 6.07) is 7.91. The quantitative estimate of drug-likeness (QED) is 0.494. The van der Waals surface area contributed by atoms with Gasteiger partial charge in [-0.2, -0.15) is 0 Å². The summed E-state index contributed by atoms with van der Waals surface area (Å²) in [5, 5.41) is 3.23. The molecule has 20 heavy (non-hydrogen) atoms. The second kappa shape index (κ2) is 6.39. The van der Waals surface area contributed by atoms with Crippen LogP contribution in [0.1, 0.15) is 13.3 Å². The number of ether oxygens (including phenoxy) is 1. The van der Waals surface area contributed by atoms with Gasteiger partial charge < -0.3 is 10.1 Å². The minimum atomic E-state index is -0.678. The van der Waals surface area contributed by atoms with Crippen molar-refractivity contribution >= 4 is 40.0 Å². The zero-order valence-electron chi connectivity index (χ0n) is 11.4. The average Bonchev–Trinajstić information content (AvgIpc) is 2.40. The number of esters is 1. The lowest BCUT2D eigenvalue weighted by Gasteiger charge is -2.26. The molecule has 1 N–H and O–H groups in total. The van der Waals surface area contributed by atoms with E-state index in [1.54, 1.807) is 0 Å². The zero-order valence-corrected chi connectivity index (χ0v) is 13.5. The van der Waals surface area contributed by atoms with Crippen LogP contribution in [0.4, 0.5) is 5.69 Å². The Bertz CT molecular complexity index is 551. The van der Waals surface area contributed by atoms with Gasteiger partial charge in [0.05, 0.1) is 7.11 Å². The SMILES string of the molecule is COC(=O)C1C(=O)C=C(Nc2ccc(I)cc2)CC1C. The summed E-state index contributed by atoms with van der Waals surface area (Å²) in [6.45, 7) is 1.89. The van der Waals surface area contributed by atoms with Crippen molar-refractivity contribution in [1.29, 1.82) is 0 Å².